The average molecular weight is 474 g/mol. The van der Waals surface area contributed by atoms with Crippen molar-refractivity contribution in [2.75, 3.05) is 18.3 Å². The maximum Gasteiger partial charge on any atom is 0.186 e. The van der Waals surface area contributed by atoms with Crippen LogP contribution in [0.15, 0.2) is 30.3 Å². The Bertz CT molecular complexity index is 735. The highest BCUT2D eigenvalue weighted by Crippen LogP contribution is 2.34. The van der Waals surface area contributed by atoms with Crippen molar-refractivity contribution >= 4 is 45.6 Å². The van der Waals surface area contributed by atoms with Gasteiger partial charge in [0.2, 0.25) is 0 Å². The molecular formula is C15H12ClF3INO3. The summed E-state index contributed by atoms with van der Waals surface area (Å²) >= 11 is 7.41. The van der Waals surface area contributed by atoms with Crippen LogP contribution in [0.2, 0.25) is 5.02 Å². The van der Waals surface area contributed by atoms with Gasteiger partial charge in [-0.2, -0.15) is 0 Å². The highest BCUT2D eigenvalue weighted by atomic mass is 127. The number of hydrogen-bond acceptors (Lipinski definition) is 4. The zero-order chi connectivity index (χ0) is 17.9. The topological polar surface area (TPSA) is 52.9 Å². The van der Waals surface area contributed by atoms with Gasteiger partial charge in [0.05, 0.1) is 11.6 Å². The van der Waals surface area contributed by atoms with Gasteiger partial charge in [-0.25, -0.2) is 18.2 Å². The predicted molar refractivity (Wildman–Crippen MR) is 91.7 cm³/mol. The minimum atomic E-state index is -1.33. The van der Waals surface area contributed by atoms with E-state index in [2.05, 4.69) is 0 Å². The molecule has 0 amide bonds. The van der Waals surface area contributed by atoms with E-state index in [1.54, 1.807) is 6.07 Å². The molecule has 9 heteroatoms. The van der Waals surface area contributed by atoms with Gasteiger partial charge < -0.3 is 10.2 Å². The Morgan fingerprint density at radius 3 is 2.42 bits per heavy atom. The van der Waals surface area contributed by atoms with Gasteiger partial charge in [0.15, 0.2) is 11.6 Å². The van der Waals surface area contributed by atoms with E-state index < -0.39 is 47.5 Å². The minimum absolute atomic E-state index is 0.193. The molecule has 0 fully saturated rings. The van der Waals surface area contributed by atoms with Crippen LogP contribution < -0.4 is 5.06 Å². The van der Waals surface area contributed by atoms with Crippen LogP contribution in [0.1, 0.15) is 0 Å². The van der Waals surface area contributed by atoms with E-state index in [4.69, 9.17) is 21.5 Å². The SMILES string of the molecule is OCC(O)CON(c1ccc(I)cc1F)c1ccc(Cl)c(F)c1F. The molecule has 0 bridgehead atoms. The number of hydrogen-bond donors (Lipinski definition) is 2. The lowest BCUT2D eigenvalue weighted by atomic mass is 10.2. The van der Waals surface area contributed by atoms with E-state index >= 15 is 0 Å². The number of aliphatic hydroxyl groups excluding tert-OH is 2. The maximum absolute atomic E-state index is 14.2. The number of halogens is 5. The Balaban J connectivity index is 2.48. The Morgan fingerprint density at radius 1 is 1.12 bits per heavy atom. The van der Waals surface area contributed by atoms with Crippen molar-refractivity contribution in [1.82, 2.24) is 0 Å². The summed E-state index contributed by atoms with van der Waals surface area (Å²) in [5.74, 6) is -3.38. The molecule has 2 rings (SSSR count). The summed E-state index contributed by atoms with van der Waals surface area (Å²) < 4.78 is 42.7. The first-order valence-electron chi connectivity index (χ1n) is 6.65. The van der Waals surface area contributed by atoms with Crippen molar-refractivity contribution in [3.63, 3.8) is 0 Å². The molecule has 130 valence electrons. The standard InChI is InChI=1S/C15H12ClF3INO3/c16-10-2-4-13(15(19)14(10)18)21(24-7-9(23)6-22)12-3-1-8(20)5-11(12)17/h1-5,9,22-23H,6-7H2. The van der Waals surface area contributed by atoms with Crippen molar-refractivity contribution in [2.24, 2.45) is 0 Å². The van der Waals surface area contributed by atoms with Crippen molar-refractivity contribution in [1.29, 1.82) is 0 Å². The molecule has 0 aliphatic carbocycles. The number of rotatable bonds is 6. The molecule has 0 spiro atoms. The van der Waals surface area contributed by atoms with Gasteiger partial charge in [-0.05, 0) is 52.9 Å². The molecule has 1 unspecified atom stereocenters. The quantitative estimate of drug-likeness (QED) is 0.381. The predicted octanol–water partition coefficient (Wildman–Crippen LogP) is 3.78. The first-order chi connectivity index (χ1) is 11.3. The molecule has 24 heavy (non-hydrogen) atoms. The highest BCUT2D eigenvalue weighted by Gasteiger charge is 2.23. The summed E-state index contributed by atoms with van der Waals surface area (Å²) in [7, 11) is 0. The molecular weight excluding hydrogens is 462 g/mol. The first-order valence-corrected chi connectivity index (χ1v) is 8.11. The van der Waals surface area contributed by atoms with Crippen molar-refractivity contribution in [3.8, 4) is 0 Å². The number of benzene rings is 2. The largest absolute Gasteiger partial charge is 0.394 e. The summed E-state index contributed by atoms with van der Waals surface area (Å²) in [6.45, 7) is -1.08. The molecule has 0 radical (unpaired) electrons. The normalized spacial score (nSPS) is 12.3. The fourth-order valence-corrected chi connectivity index (χ4v) is 2.40. The molecule has 0 aliphatic heterocycles. The van der Waals surface area contributed by atoms with Crippen LogP contribution in [0.5, 0.6) is 0 Å². The van der Waals surface area contributed by atoms with Gasteiger partial charge in [0, 0.05) is 3.57 Å². The second-order valence-electron chi connectivity index (χ2n) is 4.72. The van der Waals surface area contributed by atoms with E-state index in [1.807, 2.05) is 22.6 Å². The lowest BCUT2D eigenvalue weighted by Gasteiger charge is -2.26. The third-order valence-electron chi connectivity index (χ3n) is 2.97. The number of nitrogens with zero attached hydrogens (tertiary/aromatic N) is 1. The molecule has 2 aromatic rings. The zero-order valence-electron chi connectivity index (χ0n) is 12.0. The fourth-order valence-electron chi connectivity index (χ4n) is 1.80. The van der Waals surface area contributed by atoms with Gasteiger partial charge >= 0.3 is 0 Å². The Morgan fingerprint density at radius 2 is 1.79 bits per heavy atom. The second-order valence-corrected chi connectivity index (χ2v) is 6.37. The number of anilines is 2. The van der Waals surface area contributed by atoms with Crippen molar-refractivity contribution in [3.05, 3.63) is 56.4 Å². The maximum atomic E-state index is 14.2. The van der Waals surface area contributed by atoms with E-state index in [9.17, 15) is 18.3 Å². The lowest BCUT2D eigenvalue weighted by Crippen LogP contribution is -2.28. The minimum Gasteiger partial charge on any atom is -0.394 e. The van der Waals surface area contributed by atoms with E-state index in [0.717, 1.165) is 12.1 Å². The van der Waals surface area contributed by atoms with Crippen LogP contribution in [0.3, 0.4) is 0 Å². The average Bonchev–Trinajstić information content (AvgIpc) is 2.55. The summed E-state index contributed by atoms with van der Waals surface area (Å²) in [5, 5.41) is 18.5. The van der Waals surface area contributed by atoms with Crippen LogP contribution in [-0.2, 0) is 4.84 Å². The van der Waals surface area contributed by atoms with Crippen LogP contribution >= 0.6 is 34.2 Å². The van der Waals surface area contributed by atoms with Crippen LogP contribution in [-0.4, -0.2) is 29.5 Å². The highest BCUT2D eigenvalue weighted by molar-refractivity contribution is 14.1. The summed E-state index contributed by atoms with van der Waals surface area (Å²) in [4.78, 5) is 5.19. The third kappa shape index (κ3) is 4.31. The summed E-state index contributed by atoms with van der Waals surface area (Å²) in [6.07, 6.45) is -1.28. The first kappa shape index (κ1) is 19.3. The van der Waals surface area contributed by atoms with E-state index in [0.29, 0.717) is 8.63 Å². The van der Waals surface area contributed by atoms with Crippen LogP contribution in [0.4, 0.5) is 24.5 Å². The monoisotopic (exact) mass is 473 g/mol. The smallest absolute Gasteiger partial charge is 0.186 e. The Hall–Kier alpha value is -1.07. The fraction of sp³-hybridized carbons (Fsp3) is 0.200. The molecule has 0 saturated carbocycles. The molecule has 0 aliphatic rings. The summed E-state index contributed by atoms with van der Waals surface area (Å²) in [6, 6.07) is 6.25. The Labute approximate surface area is 154 Å². The van der Waals surface area contributed by atoms with E-state index in [-0.39, 0.29) is 5.69 Å². The summed E-state index contributed by atoms with van der Waals surface area (Å²) in [5.41, 5.74) is -0.622. The second kappa shape index (κ2) is 8.34. The van der Waals surface area contributed by atoms with E-state index in [1.165, 1.54) is 12.1 Å². The molecule has 0 heterocycles. The van der Waals surface area contributed by atoms with Gasteiger partial charge in [0.25, 0.3) is 0 Å². The van der Waals surface area contributed by atoms with Crippen LogP contribution in [0, 0.1) is 21.0 Å². The van der Waals surface area contributed by atoms with Gasteiger partial charge in [-0.1, -0.05) is 11.6 Å². The van der Waals surface area contributed by atoms with Gasteiger partial charge in [-0.15, -0.1) is 0 Å². The molecule has 4 nitrogen and oxygen atoms in total. The lowest BCUT2D eigenvalue weighted by molar-refractivity contribution is 0.00523. The molecule has 2 N–H and O–H groups in total. The molecule has 1 atom stereocenters. The molecule has 0 aromatic heterocycles. The zero-order valence-corrected chi connectivity index (χ0v) is 14.9. The third-order valence-corrected chi connectivity index (χ3v) is 3.93. The molecule has 2 aromatic carbocycles. The van der Waals surface area contributed by atoms with Gasteiger partial charge in [0.1, 0.15) is 29.9 Å². The van der Waals surface area contributed by atoms with Crippen LogP contribution in [0.25, 0.3) is 0 Å². The van der Waals surface area contributed by atoms with Crippen molar-refractivity contribution in [2.45, 2.75) is 6.10 Å². The molecule has 0 saturated heterocycles. The Kier molecular flexibility index (Phi) is 6.70. The number of aliphatic hydroxyl groups is 2. The van der Waals surface area contributed by atoms with Gasteiger partial charge in [-0.3, -0.25) is 4.84 Å². The van der Waals surface area contributed by atoms with Crippen molar-refractivity contribution < 1.29 is 28.2 Å².